The van der Waals surface area contributed by atoms with Gasteiger partial charge in [0, 0.05) is 47.5 Å². The third-order valence-electron chi connectivity index (χ3n) is 5.70. The molecule has 0 saturated carbocycles. The molecule has 0 aliphatic heterocycles. The number of ketones is 2. The fraction of sp³-hybridized carbons (Fsp3) is 0.296. The molecule has 0 radical (unpaired) electrons. The summed E-state index contributed by atoms with van der Waals surface area (Å²) in [4.78, 5) is 30.6. The Kier molecular flexibility index (Phi) is 7.31. The summed E-state index contributed by atoms with van der Waals surface area (Å²) in [5.41, 5.74) is 1.87. The number of rotatable bonds is 10. The molecule has 2 aromatic carbocycles. The number of methoxy groups -OCH3 is 2. The van der Waals surface area contributed by atoms with Gasteiger partial charge in [0.05, 0.1) is 24.6 Å². The van der Waals surface area contributed by atoms with E-state index in [1.807, 2.05) is 22.2 Å². The largest absolute Gasteiger partial charge is 0.493 e. The third-order valence-corrected chi connectivity index (χ3v) is 6.70. The summed E-state index contributed by atoms with van der Waals surface area (Å²) >= 11 is 1.32. The van der Waals surface area contributed by atoms with Crippen LogP contribution in [-0.2, 0) is 6.54 Å². The normalized spacial score (nSPS) is 11.3. The Morgan fingerprint density at radius 2 is 1.80 bits per heavy atom. The van der Waals surface area contributed by atoms with Crippen LogP contribution in [-0.4, -0.2) is 35.3 Å². The Labute approximate surface area is 207 Å². The van der Waals surface area contributed by atoms with Gasteiger partial charge in [-0.15, -0.1) is 11.3 Å². The summed E-state index contributed by atoms with van der Waals surface area (Å²) in [6.45, 7) is 4.72. The highest BCUT2D eigenvalue weighted by atomic mass is 32.1. The maximum absolute atomic E-state index is 14.2. The van der Waals surface area contributed by atoms with E-state index in [2.05, 4.69) is 18.8 Å². The van der Waals surface area contributed by atoms with Crippen molar-refractivity contribution >= 4 is 33.0 Å². The van der Waals surface area contributed by atoms with E-state index in [4.69, 9.17) is 9.47 Å². The molecule has 0 bridgehead atoms. The van der Waals surface area contributed by atoms with Gasteiger partial charge in [-0.05, 0) is 30.2 Å². The van der Waals surface area contributed by atoms with Crippen LogP contribution in [0.2, 0.25) is 0 Å². The molecular weight excluding hydrogens is 467 g/mol. The fourth-order valence-corrected chi connectivity index (χ4v) is 4.98. The van der Waals surface area contributed by atoms with Gasteiger partial charge < -0.3 is 14.0 Å². The highest BCUT2D eigenvalue weighted by molar-refractivity contribution is 7.17. The van der Waals surface area contributed by atoms with Crippen molar-refractivity contribution < 1.29 is 23.5 Å². The minimum absolute atomic E-state index is 0.0285. The molecule has 182 valence electrons. The predicted octanol–water partition coefficient (Wildman–Crippen LogP) is 6.42. The maximum atomic E-state index is 14.2. The van der Waals surface area contributed by atoms with Gasteiger partial charge in [-0.1, -0.05) is 26.0 Å². The molecule has 4 aromatic rings. The lowest BCUT2D eigenvalue weighted by atomic mass is 10.0. The number of aromatic nitrogens is 2. The van der Waals surface area contributed by atoms with Crippen LogP contribution < -0.4 is 9.47 Å². The SMILES string of the molecule is COc1ccc(C(=O)CCC(=O)c2nc(-c3csc4c(F)cccc34)cn2CC(C)C)cc1OC. The first-order chi connectivity index (χ1) is 16.8. The van der Waals surface area contributed by atoms with Crippen LogP contribution in [0.1, 0.15) is 47.7 Å². The third kappa shape index (κ3) is 5.12. The average molecular weight is 495 g/mol. The lowest BCUT2D eigenvalue weighted by molar-refractivity contribution is 0.0909. The maximum Gasteiger partial charge on any atom is 0.198 e. The number of nitrogens with zero attached hydrogens (tertiary/aromatic N) is 2. The van der Waals surface area contributed by atoms with Crippen LogP contribution in [0.3, 0.4) is 0 Å². The monoisotopic (exact) mass is 494 g/mol. The van der Waals surface area contributed by atoms with E-state index in [0.717, 1.165) is 10.9 Å². The second-order valence-electron chi connectivity index (χ2n) is 8.68. The second kappa shape index (κ2) is 10.4. The van der Waals surface area contributed by atoms with E-state index >= 15 is 0 Å². The van der Waals surface area contributed by atoms with Crippen molar-refractivity contribution in [3.63, 3.8) is 0 Å². The number of benzene rings is 2. The Bertz CT molecular complexity index is 1390. The number of carbonyl (C=O) groups is 2. The molecule has 35 heavy (non-hydrogen) atoms. The summed E-state index contributed by atoms with van der Waals surface area (Å²) in [5.74, 6) is 0.936. The zero-order valence-corrected chi connectivity index (χ0v) is 20.9. The number of halogens is 1. The summed E-state index contributed by atoms with van der Waals surface area (Å²) in [6, 6.07) is 9.91. The van der Waals surface area contributed by atoms with E-state index in [1.54, 1.807) is 24.3 Å². The summed E-state index contributed by atoms with van der Waals surface area (Å²) in [6.07, 6.45) is 1.92. The molecule has 0 aliphatic carbocycles. The molecule has 2 aromatic heterocycles. The Morgan fingerprint density at radius 3 is 2.51 bits per heavy atom. The van der Waals surface area contributed by atoms with Gasteiger partial charge in [0.1, 0.15) is 5.82 Å². The number of Topliss-reactive ketones (excluding diaryl/α,β-unsaturated/α-hetero) is 2. The van der Waals surface area contributed by atoms with E-state index in [1.165, 1.54) is 31.6 Å². The summed E-state index contributed by atoms with van der Waals surface area (Å²) < 4.78 is 27.1. The molecule has 0 fully saturated rings. The first kappa shape index (κ1) is 24.6. The second-order valence-corrected chi connectivity index (χ2v) is 9.56. The van der Waals surface area contributed by atoms with E-state index in [9.17, 15) is 14.0 Å². The number of imidazole rings is 1. The quantitative estimate of drug-likeness (QED) is 0.238. The average Bonchev–Trinajstić information content (AvgIpc) is 3.46. The lowest BCUT2D eigenvalue weighted by Crippen LogP contribution is -2.14. The van der Waals surface area contributed by atoms with Gasteiger partial charge >= 0.3 is 0 Å². The minimum atomic E-state index is -0.273. The zero-order chi connectivity index (χ0) is 25.1. The molecule has 2 heterocycles. The Morgan fingerprint density at radius 1 is 1.06 bits per heavy atom. The highest BCUT2D eigenvalue weighted by Crippen LogP contribution is 2.35. The molecule has 0 amide bonds. The summed E-state index contributed by atoms with van der Waals surface area (Å²) in [7, 11) is 3.04. The topological polar surface area (TPSA) is 70.4 Å². The van der Waals surface area contributed by atoms with E-state index in [0.29, 0.717) is 39.8 Å². The minimum Gasteiger partial charge on any atom is -0.493 e. The van der Waals surface area contributed by atoms with Crippen molar-refractivity contribution in [3.05, 3.63) is 65.2 Å². The number of carbonyl (C=O) groups excluding carboxylic acids is 2. The first-order valence-electron chi connectivity index (χ1n) is 11.3. The molecule has 8 heteroatoms. The standard InChI is InChI=1S/C27H27FN2O4S/c1-16(2)13-30-14-21(19-15-35-26-18(19)6-5-7-20(26)28)29-27(30)23(32)10-9-22(31)17-8-11-24(33-3)25(12-17)34-4/h5-8,11-12,14-16H,9-10,13H2,1-4H3. The molecular formula is C27H27FN2O4S. The molecule has 6 nitrogen and oxygen atoms in total. The van der Waals surface area contributed by atoms with Gasteiger partial charge in [-0.25, -0.2) is 9.37 Å². The molecule has 0 atom stereocenters. The number of thiophene rings is 1. The number of hydrogen-bond acceptors (Lipinski definition) is 6. The highest BCUT2D eigenvalue weighted by Gasteiger charge is 2.21. The summed E-state index contributed by atoms with van der Waals surface area (Å²) in [5, 5.41) is 2.64. The van der Waals surface area contributed by atoms with Gasteiger partial charge in [-0.3, -0.25) is 9.59 Å². The first-order valence-corrected chi connectivity index (χ1v) is 12.2. The van der Waals surface area contributed by atoms with Crippen LogP contribution in [0.5, 0.6) is 11.5 Å². The Balaban J connectivity index is 1.57. The molecule has 0 N–H and O–H groups in total. The molecule has 0 aliphatic rings. The smallest absolute Gasteiger partial charge is 0.198 e. The van der Waals surface area contributed by atoms with E-state index < -0.39 is 0 Å². The number of fused-ring (bicyclic) bond motifs is 1. The molecule has 4 rings (SSSR count). The van der Waals surface area contributed by atoms with Crippen molar-refractivity contribution in [2.24, 2.45) is 5.92 Å². The van der Waals surface area contributed by atoms with Gasteiger partial charge in [0.2, 0.25) is 0 Å². The lowest BCUT2D eigenvalue weighted by Gasteiger charge is -2.10. The van der Waals surface area contributed by atoms with Crippen molar-refractivity contribution in [1.29, 1.82) is 0 Å². The van der Waals surface area contributed by atoms with Gasteiger partial charge in [0.25, 0.3) is 0 Å². The van der Waals surface area contributed by atoms with Gasteiger partial charge in [0.15, 0.2) is 28.9 Å². The number of hydrogen-bond donors (Lipinski definition) is 0. The van der Waals surface area contributed by atoms with Crippen LogP contribution in [0, 0.1) is 11.7 Å². The van der Waals surface area contributed by atoms with Gasteiger partial charge in [-0.2, -0.15) is 0 Å². The van der Waals surface area contributed by atoms with Crippen LogP contribution in [0.4, 0.5) is 4.39 Å². The van der Waals surface area contributed by atoms with Crippen molar-refractivity contribution in [2.45, 2.75) is 33.2 Å². The molecule has 0 saturated heterocycles. The Hall–Kier alpha value is -3.52. The molecule has 0 spiro atoms. The van der Waals surface area contributed by atoms with Crippen molar-refractivity contribution in [3.8, 4) is 22.8 Å². The van der Waals surface area contributed by atoms with Crippen LogP contribution in [0.15, 0.2) is 48.0 Å². The van der Waals surface area contributed by atoms with Crippen LogP contribution in [0.25, 0.3) is 21.3 Å². The number of ether oxygens (including phenoxy) is 2. The van der Waals surface area contributed by atoms with Crippen LogP contribution >= 0.6 is 11.3 Å². The van der Waals surface area contributed by atoms with Crippen molar-refractivity contribution in [2.75, 3.05) is 14.2 Å². The predicted molar refractivity (Wildman–Crippen MR) is 135 cm³/mol. The fourth-order valence-electron chi connectivity index (χ4n) is 4.01. The van der Waals surface area contributed by atoms with E-state index in [-0.39, 0.29) is 36.1 Å². The van der Waals surface area contributed by atoms with Crippen molar-refractivity contribution in [1.82, 2.24) is 9.55 Å². The molecule has 0 unspecified atom stereocenters. The zero-order valence-electron chi connectivity index (χ0n) is 20.1.